The number of aromatic carboxylic acids is 1. The molecule has 1 aliphatic rings. The first-order valence-electron chi connectivity index (χ1n) is 6.25. The van der Waals surface area contributed by atoms with Crippen LogP contribution in [0.15, 0.2) is 6.20 Å². The average Bonchev–Trinajstić information content (AvgIpc) is 2.73. The van der Waals surface area contributed by atoms with Crippen molar-refractivity contribution in [3.63, 3.8) is 0 Å². The number of hydrogen-bond acceptors (Lipinski definition) is 4. The number of rotatable bonds is 5. The Balaban J connectivity index is 1.85. The summed E-state index contributed by atoms with van der Waals surface area (Å²) in [7, 11) is 1.78. The molecule has 1 fully saturated rings. The van der Waals surface area contributed by atoms with Crippen LogP contribution in [0.25, 0.3) is 0 Å². The van der Waals surface area contributed by atoms with Crippen LogP contribution in [0, 0.1) is 0 Å². The number of hydrogen-bond donors (Lipinski definition) is 2. The van der Waals surface area contributed by atoms with E-state index in [1.807, 2.05) is 11.8 Å². The van der Waals surface area contributed by atoms with Crippen molar-refractivity contribution in [2.45, 2.75) is 31.1 Å². The molecule has 18 heavy (non-hydrogen) atoms. The molecule has 0 spiro atoms. The molecule has 0 radical (unpaired) electrons. The molecule has 1 unspecified atom stereocenters. The molecule has 5 nitrogen and oxygen atoms in total. The summed E-state index contributed by atoms with van der Waals surface area (Å²) < 4.78 is 1.63. The Morgan fingerprint density at radius 2 is 2.50 bits per heavy atom. The number of carboxylic acids is 1. The second kappa shape index (κ2) is 6.24. The van der Waals surface area contributed by atoms with E-state index in [0.29, 0.717) is 17.4 Å². The Labute approximate surface area is 111 Å². The van der Waals surface area contributed by atoms with Gasteiger partial charge in [0.25, 0.3) is 0 Å². The fourth-order valence-corrected chi connectivity index (χ4v) is 3.44. The monoisotopic (exact) mass is 269 g/mol. The van der Waals surface area contributed by atoms with Gasteiger partial charge < -0.3 is 10.4 Å². The van der Waals surface area contributed by atoms with Gasteiger partial charge in [-0.2, -0.15) is 16.9 Å². The van der Waals surface area contributed by atoms with Gasteiger partial charge in [0.2, 0.25) is 0 Å². The molecule has 1 atom stereocenters. The third-order valence-electron chi connectivity index (χ3n) is 3.23. The largest absolute Gasteiger partial charge is 0.478 e. The minimum Gasteiger partial charge on any atom is -0.478 e. The van der Waals surface area contributed by atoms with Crippen LogP contribution in [0.5, 0.6) is 0 Å². The van der Waals surface area contributed by atoms with E-state index >= 15 is 0 Å². The van der Waals surface area contributed by atoms with Gasteiger partial charge in [0.05, 0.1) is 11.9 Å². The summed E-state index contributed by atoms with van der Waals surface area (Å²) in [5, 5.41) is 17.1. The van der Waals surface area contributed by atoms with Crippen molar-refractivity contribution in [1.82, 2.24) is 15.1 Å². The van der Waals surface area contributed by atoms with E-state index in [4.69, 9.17) is 5.11 Å². The summed E-state index contributed by atoms with van der Waals surface area (Å²) in [6.45, 7) is 1.50. The summed E-state index contributed by atoms with van der Waals surface area (Å²) in [5.74, 6) is 0.338. The van der Waals surface area contributed by atoms with E-state index in [2.05, 4.69) is 10.4 Å². The molecule has 100 valence electrons. The molecule has 1 aromatic heterocycles. The zero-order valence-electron chi connectivity index (χ0n) is 10.6. The Hall–Kier alpha value is -1.01. The second-order valence-electron chi connectivity index (χ2n) is 4.55. The molecule has 0 amide bonds. The molecular formula is C12H19N3O2S. The van der Waals surface area contributed by atoms with Crippen molar-refractivity contribution in [3.05, 3.63) is 17.5 Å². The number of aryl methyl sites for hydroxylation is 1. The van der Waals surface area contributed by atoms with Crippen LogP contribution in [0.4, 0.5) is 0 Å². The molecule has 0 aromatic carbocycles. The van der Waals surface area contributed by atoms with Crippen LogP contribution >= 0.6 is 11.8 Å². The molecule has 1 aromatic rings. The van der Waals surface area contributed by atoms with Gasteiger partial charge in [0.15, 0.2) is 0 Å². The number of carboxylic acid groups (broad SMARTS) is 1. The topological polar surface area (TPSA) is 67.2 Å². The van der Waals surface area contributed by atoms with Crippen LogP contribution in [0.1, 0.15) is 35.3 Å². The number of carbonyl (C=O) groups is 1. The molecule has 0 aliphatic carbocycles. The van der Waals surface area contributed by atoms with Crippen LogP contribution in [0.2, 0.25) is 0 Å². The van der Waals surface area contributed by atoms with Crippen LogP contribution < -0.4 is 5.32 Å². The van der Waals surface area contributed by atoms with Gasteiger partial charge in [-0.25, -0.2) is 4.79 Å². The van der Waals surface area contributed by atoms with Crippen molar-refractivity contribution >= 4 is 17.7 Å². The summed E-state index contributed by atoms with van der Waals surface area (Å²) in [4.78, 5) is 11.0. The highest BCUT2D eigenvalue weighted by Crippen LogP contribution is 2.24. The first-order chi connectivity index (χ1) is 8.68. The van der Waals surface area contributed by atoms with Crippen LogP contribution in [0.3, 0.4) is 0 Å². The Morgan fingerprint density at radius 1 is 1.67 bits per heavy atom. The molecule has 2 rings (SSSR count). The molecule has 2 N–H and O–H groups in total. The highest BCUT2D eigenvalue weighted by atomic mass is 32.2. The lowest BCUT2D eigenvalue weighted by molar-refractivity contribution is 0.0695. The second-order valence-corrected chi connectivity index (χ2v) is 5.96. The maximum Gasteiger partial charge on any atom is 0.339 e. The number of thioether (sulfide) groups is 1. The third-order valence-corrected chi connectivity index (χ3v) is 4.63. The summed E-state index contributed by atoms with van der Waals surface area (Å²) in [6.07, 6.45) is 5.31. The SMILES string of the molecule is Cn1ncc(C(=O)O)c1CNCC1CCCCS1. The minimum absolute atomic E-state index is 0.293. The number of aromatic nitrogens is 2. The highest BCUT2D eigenvalue weighted by molar-refractivity contribution is 7.99. The zero-order valence-corrected chi connectivity index (χ0v) is 11.4. The standard InChI is InChI=1S/C12H19N3O2S/c1-15-11(10(7-14-15)12(16)17)8-13-6-9-4-2-3-5-18-9/h7,9,13H,2-6,8H2,1H3,(H,16,17). The maximum atomic E-state index is 11.0. The lowest BCUT2D eigenvalue weighted by Crippen LogP contribution is -2.27. The smallest absolute Gasteiger partial charge is 0.339 e. The first kappa shape index (κ1) is 13.4. The Morgan fingerprint density at radius 3 is 3.17 bits per heavy atom. The molecule has 2 heterocycles. The van der Waals surface area contributed by atoms with Gasteiger partial charge in [0, 0.05) is 25.4 Å². The molecular weight excluding hydrogens is 250 g/mol. The van der Waals surface area contributed by atoms with E-state index < -0.39 is 5.97 Å². The van der Waals surface area contributed by atoms with E-state index in [9.17, 15) is 4.79 Å². The fraction of sp³-hybridized carbons (Fsp3) is 0.667. The molecule has 0 bridgehead atoms. The fourth-order valence-electron chi connectivity index (χ4n) is 2.17. The Bertz CT molecular complexity index is 413. The first-order valence-corrected chi connectivity index (χ1v) is 7.30. The average molecular weight is 269 g/mol. The van der Waals surface area contributed by atoms with Gasteiger partial charge in [0.1, 0.15) is 5.56 Å². The van der Waals surface area contributed by atoms with Crippen molar-refractivity contribution in [2.75, 3.05) is 12.3 Å². The van der Waals surface area contributed by atoms with Crippen LogP contribution in [-0.2, 0) is 13.6 Å². The van der Waals surface area contributed by atoms with Crippen LogP contribution in [-0.4, -0.2) is 38.4 Å². The van der Waals surface area contributed by atoms with Gasteiger partial charge in [-0.05, 0) is 18.6 Å². The van der Waals surface area contributed by atoms with Gasteiger partial charge in [-0.15, -0.1) is 0 Å². The van der Waals surface area contributed by atoms with E-state index in [-0.39, 0.29) is 0 Å². The van der Waals surface area contributed by atoms with Gasteiger partial charge in [-0.1, -0.05) is 6.42 Å². The van der Waals surface area contributed by atoms with E-state index in [1.165, 1.54) is 31.2 Å². The quantitative estimate of drug-likeness (QED) is 0.848. The minimum atomic E-state index is -0.910. The van der Waals surface area contributed by atoms with Gasteiger partial charge >= 0.3 is 5.97 Å². The lowest BCUT2D eigenvalue weighted by atomic mass is 10.2. The predicted molar refractivity (Wildman–Crippen MR) is 72.0 cm³/mol. The zero-order chi connectivity index (χ0) is 13.0. The number of nitrogens with zero attached hydrogens (tertiary/aromatic N) is 2. The van der Waals surface area contributed by atoms with Crippen molar-refractivity contribution in [3.8, 4) is 0 Å². The predicted octanol–water partition coefficient (Wildman–Crippen LogP) is 1.49. The third kappa shape index (κ3) is 3.26. The number of nitrogens with one attached hydrogen (secondary N) is 1. The molecule has 6 heteroatoms. The highest BCUT2D eigenvalue weighted by Gasteiger charge is 2.16. The van der Waals surface area contributed by atoms with Crippen molar-refractivity contribution in [1.29, 1.82) is 0 Å². The molecule has 1 aliphatic heterocycles. The normalized spacial score (nSPS) is 19.9. The summed E-state index contributed by atoms with van der Waals surface area (Å²) in [6, 6.07) is 0. The Kier molecular flexibility index (Phi) is 4.66. The molecule has 0 saturated carbocycles. The van der Waals surface area contributed by atoms with Gasteiger partial charge in [-0.3, -0.25) is 4.68 Å². The molecule has 1 saturated heterocycles. The summed E-state index contributed by atoms with van der Waals surface area (Å²) >= 11 is 2.01. The van der Waals surface area contributed by atoms with Crippen molar-refractivity contribution < 1.29 is 9.90 Å². The summed E-state index contributed by atoms with van der Waals surface area (Å²) in [5.41, 5.74) is 1.03. The van der Waals surface area contributed by atoms with Crippen molar-refractivity contribution in [2.24, 2.45) is 7.05 Å². The van der Waals surface area contributed by atoms with E-state index in [1.54, 1.807) is 11.7 Å². The lowest BCUT2D eigenvalue weighted by Gasteiger charge is -2.21. The maximum absolute atomic E-state index is 11.0. The van der Waals surface area contributed by atoms with E-state index in [0.717, 1.165) is 12.2 Å².